The van der Waals surface area contributed by atoms with E-state index in [0.29, 0.717) is 0 Å². The SMILES string of the molecule is CC(C)(C)c1cc(C2=CC=CC2)c2[cH-]c3ccccc3c2c1.C[C](C)=[Zr+2].[Cl-].[Cl-]. The van der Waals surface area contributed by atoms with Crippen LogP contribution in [0.4, 0.5) is 0 Å². The van der Waals surface area contributed by atoms with Crippen LogP contribution in [0, 0.1) is 0 Å². The first-order valence-electron chi connectivity index (χ1n) is 9.28. The first-order chi connectivity index (χ1) is 12.3. The molecule has 4 rings (SSSR count). The standard InChI is InChI=1S/C22H21.C3H6.2ClH.Zr/c1-22(2,3)17-13-19(15-8-4-5-9-15)20-12-16-10-6-7-11-18(16)21(20)14-17;1-3-2;;;/h4-8,10-14H,9H2,1-3H3;1-2H3;2*1H;/q-1;;;;+2/p-2. The number of rotatable bonds is 1. The number of benzene rings is 2. The zero-order valence-corrected chi connectivity index (χ0v) is 21.2. The van der Waals surface area contributed by atoms with Gasteiger partial charge in [-0.05, 0) is 11.8 Å². The van der Waals surface area contributed by atoms with Gasteiger partial charge in [-0.15, -0.1) is 33.7 Å². The predicted octanol–water partition coefficient (Wildman–Crippen LogP) is 1.11. The first kappa shape index (κ1) is 25.2. The fourth-order valence-electron chi connectivity index (χ4n) is 3.40. The maximum Gasteiger partial charge on any atom is -1.00 e. The molecule has 0 fully saturated rings. The second-order valence-electron chi connectivity index (χ2n) is 8.29. The first-order valence-corrected chi connectivity index (χ1v) is 10.5. The third kappa shape index (κ3) is 5.59. The van der Waals surface area contributed by atoms with Crippen molar-refractivity contribution in [1.82, 2.24) is 0 Å². The smallest absolute Gasteiger partial charge is 1.00 e. The molecule has 0 aliphatic heterocycles. The van der Waals surface area contributed by atoms with Crippen molar-refractivity contribution in [2.24, 2.45) is 0 Å². The molecule has 0 radical (unpaired) electrons. The van der Waals surface area contributed by atoms with Crippen LogP contribution in [0.15, 0.2) is 60.7 Å². The van der Waals surface area contributed by atoms with Crippen LogP contribution in [0.3, 0.4) is 0 Å². The molecule has 0 heterocycles. The molecule has 0 bridgehead atoms. The molecule has 146 valence electrons. The Morgan fingerprint density at radius 3 is 2.21 bits per heavy atom. The van der Waals surface area contributed by atoms with Crippen LogP contribution in [0.2, 0.25) is 0 Å². The molecule has 0 aromatic heterocycles. The zero-order valence-electron chi connectivity index (χ0n) is 17.2. The molecule has 0 nitrogen and oxygen atoms in total. The average molecular weight is 490 g/mol. The van der Waals surface area contributed by atoms with Crippen molar-refractivity contribution in [3.63, 3.8) is 0 Å². The molecule has 0 N–H and O–H groups in total. The van der Waals surface area contributed by atoms with Crippen LogP contribution in [-0.4, -0.2) is 3.21 Å². The Kier molecular flexibility index (Phi) is 9.20. The van der Waals surface area contributed by atoms with Gasteiger partial charge in [-0.2, -0.15) is 0 Å². The second-order valence-corrected chi connectivity index (χ2v) is 10.7. The summed E-state index contributed by atoms with van der Waals surface area (Å²) in [5.41, 5.74) is 4.42. The van der Waals surface area contributed by atoms with E-state index in [-0.39, 0.29) is 30.2 Å². The van der Waals surface area contributed by atoms with Crippen LogP contribution in [-0.2, 0) is 29.7 Å². The van der Waals surface area contributed by atoms with Crippen LogP contribution >= 0.6 is 0 Å². The Labute approximate surface area is 196 Å². The van der Waals surface area contributed by atoms with Gasteiger partial charge in [-0.3, -0.25) is 0 Å². The number of allylic oxidation sites excluding steroid dienone is 4. The van der Waals surface area contributed by atoms with E-state index in [9.17, 15) is 0 Å². The van der Waals surface area contributed by atoms with E-state index >= 15 is 0 Å². The van der Waals surface area contributed by atoms with Gasteiger partial charge >= 0.3 is 41.3 Å². The van der Waals surface area contributed by atoms with E-state index in [2.05, 4.69) is 95.3 Å². The van der Waals surface area contributed by atoms with Gasteiger partial charge in [0.05, 0.1) is 0 Å². The fraction of sp³-hybridized carbons (Fsp3) is 0.280. The maximum absolute atomic E-state index is 2.40. The summed E-state index contributed by atoms with van der Waals surface area (Å²) in [6.45, 7) is 11.1. The van der Waals surface area contributed by atoms with E-state index in [1.807, 2.05) is 0 Å². The van der Waals surface area contributed by atoms with Crippen molar-refractivity contribution < 1.29 is 49.0 Å². The molecule has 1 aliphatic rings. The molecule has 3 aromatic carbocycles. The van der Waals surface area contributed by atoms with Crippen molar-refractivity contribution in [1.29, 1.82) is 0 Å². The minimum Gasteiger partial charge on any atom is -1.00 e. The summed E-state index contributed by atoms with van der Waals surface area (Å²) in [5, 5.41) is 5.50. The van der Waals surface area contributed by atoms with Gasteiger partial charge in [-0.25, -0.2) is 0 Å². The van der Waals surface area contributed by atoms with Crippen molar-refractivity contribution in [3.8, 4) is 0 Å². The molecule has 0 amide bonds. The Morgan fingerprint density at radius 2 is 1.64 bits per heavy atom. The number of halogens is 2. The van der Waals surface area contributed by atoms with E-state index in [1.165, 1.54) is 41.5 Å². The fourth-order valence-corrected chi connectivity index (χ4v) is 3.40. The molecule has 0 spiro atoms. The van der Waals surface area contributed by atoms with E-state index in [0.717, 1.165) is 6.42 Å². The molecule has 0 saturated carbocycles. The molecule has 28 heavy (non-hydrogen) atoms. The van der Waals surface area contributed by atoms with E-state index in [1.54, 1.807) is 24.2 Å². The van der Waals surface area contributed by atoms with Crippen LogP contribution < -0.4 is 24.8 Å². The van der Waals surface area contributed by atoms with Crippen molar-refractivity contribution in [3.05, 3.63) is 71.8 Å². The third-order valence-corrected chi connectivity index (χ3v) is 4.71. The molecule has 3 heteroatoms. The van der Waals surface area contributed by atoms with Gasteiger partial charge in [0.1, 0.15) is 0 Å². The summed E-state index contributed by atoms with van der Waals surface area (Å²) in [4.78, 5) is 0. The van der Waals surface area contributed by atoms with Gasteiger partial charge in [0.15, 0.2) is 0 Å². The Hall–Kier alpha value is -0.877. The van der Waals surface area contributed by atoms with Crippen molar-refractivity contribution >= 4 is 30.3 Å². The summed E-state index contributed by atoms with van der Waals surface area (Å²) >= 11 is 1.55. The maximum atomic E-state index is 2.40. The summed E-state index contributed by atoms with van der Waals surface area (Å²) in [5.74, 6) is 0. The van der Waals surface area contributed by atoms with Gasteiger partial charge < -0.3 is 24.8 Å². The number of fused-ring (bicyclic) bond motifs is 3. The van der Waals surface area contributed by atoms with Gasteiger partial charge in [0.2, 0.25) is 0 Å². The molecular weight excluding hydrogens is 462 g/mol. The largest absolute Gasteiger partial charge is 1.00 e. The average Bonchev–Trinajstić information content (AvgIpc) is 3.20. The Bertz CT molecular complexity index is 1030. The number of hydrogen-bond acceptors (Lipinski definition) is 0. The third-order valence-electron chi connectivity index (χ3n) is 4.71. The topological polar surface area (TPSA) is 0 Å². The van der Waals surface area contributed by atoms with Crippen molar-refractivity contribution in [2.75, 3.05) is 0 Å². The molecule has 3 aromatic rings. The van der Waals surface area contributed by atoms with Crippen LogP contribution in [0.25, 0.3) is 27.1 Å². The van der Waals surface area contributed by atoms with Crippen molar-refractivity contribution in [2.45, 2.75) is 46.5 Å². The summed E-state index contributed by atoms with van der Waals surface area (Å²) in [7, 11) is 0. The summed E-state index contributed by atoms with van der Waals surface area (Å²) in [6.07, 6.45) is 7.73. The van der Waals surface area contributed by atoms with E-state index < -0.39 is 0 Å². The minimum atomic E-state index is 0. The summed E-state index contributed by atoms with van der Waals surface area (Å²) in [6, 6.07) is 15.9. The molecule has 1 aliphatic carbocycles. The van der Waals surface area contributed by atoms with Gasteiger partial charge in [0.25, 0.3) is 0 Å². The Morgan fingerprint density at radius 1 is 1.00 bits per heavy atom. The van der Waals surface area contributed by atoms with Crippen LogP contribution in [0.5, 0.6) is 0 Å². The molecular formula is C25H27Cl2Zr-. The molecule has 0 atom stereocenters. The quantitative estimate of drug-likeness (QED) is 0.450. The molecule has 0 saturated heterocycles. The zero-order chi connectivity index (χ0) is 18.9. The number of hydrogen-bond donors (Lipinski definition) is 0. The van der Waals surface area contributed by atoms with E-state index in [4.69, 9.17) is 0 Å². The normalized spacial score (nSPS) is 12.8. The Balaban J connectivity index is 0.000000601. The van der Waals surface area contributed by atoms with Gasteiger partial charge in [0, 0.05) is 0 Å². The monoisotopic (exact) mass is 487 g/mol. The minimum absolute atomic E-state index is 0. The molecule has 0 unspecified atom stereocenters. The second kappa shape index (κ2) is 10.2. The summed E-state index contributed by atoms with van der Waals surface area (Å²) < 4.78 is 1.51. The predicted molar refractivity (Wildman–Crippen MR) is 114 cm³/mol. The van der Waals surface area contributed by atoms with Gasteiger partial charge in [-0.1, -0.05) is 86.0 Å². The van der Waals surface area contributed by atoms with Crippen LogP contribution in [0.1, 0.15) is 52.2 Å².